The third kappa shape index (κ3) is 3.56. The van der Waals surface area contributed by atoms with E-state index in [1.54, 1.807) is 17.0 Å². The lowest BCUT2D eigenvalue weighted by Crippen LogP contribution is -2.44. The Hall–Kier alpha value is -1.56. The van der Waals surface area contributed by atoms with Crippen molar-refractivity contribution in [2.45, 2.75) is 25.7 Å². The zero-order valence-corrected chi connectivity index (χ0v) is 13.3. The first-order chi connectivity index (χ1) is 9.72. The lowest BCUT2D eigenvalue weighted by molar-refractivity contribution is -0.136. The van der Waals surface area contributed by atoms with Crippen LogP contribution < -0.4 is 5.73 Å². The van der Waals surface area contributed by atoms with Gasteiger partial charge in [-0.05, 0) is 38.0 Å². The van der Waals surface area contributed by atoms with Crippen molar-refractivity contribution in [2.24, 2.45) is 0 Å². The predicted molar refractivity (Wildman–Crippen MR) is 83.7 cm³/mol. The molecule has 0 unspecified atom stereocenters. The second kappa shape index (κ2) is 5.67. The number of hydrogen-bond acceptors (Lipinski definition) is 4. The molecule has 0 radical (unpaired) electrons. The molecule has 0 saturated carbocycles. The van der Waals surface area contributed by atoms with E-state index >= 15 is 0 Å². The number of anilines is 1. The van der Waals surface area contributed by atoms with Crippen molar-refractivity contribution in [3.05, 3.63) is 29.8 Å². The van der Waals surface area contributed by atoms with Gasteiger partial charge in [0, 0.05) is 18.8 Å². The van der Waals surface area contributed by atoms with E-state index in [0.717, 1.165) is 5.56 Å². The number of nitrogen functional groups attached to an aromatic ring is 1. The van der Waals surface area contributed by atoms with Crippen LogP contribution in [-0.2, 0) is 20.0 Å². The van der Waals surface area contributed by atoms with E-state index in [1.807, 2.05) is 26.0 Å². The molecule has 116 valence electrons. The third-order valence-electron chi connectivity index (χ3n) is 4.01. The zero-order valence-electron chi connectivity index (χ0n) is 12.5. The molecule has 0 aromatic heterocycles. The van der Waals surface area contributed by atoms with Gasteiger partial charge in [-0.15, -0.1) is 0 Å². The van der Waals surface area contributed by atoms with E-state index in [-0.39, 0.29) is 24.0 Å². The van der Waals surface area contributed by atoms with Crippen molar-refractivity contribution < 1.29 is 13.2 Å². The molecular weight excluding hydrogens is 288 g/mol. The number of hydrogen-bond donors (Lipinski definition) is 1. The number of carbonyl (C=O) groups excluding carboxylic acids is 1. The molecule has 1 aromatic carbocycles. The molecule has 6 heteroatoms. The summed E-state index contributed by atoms with van der Waals surface area (Å²) in [7, 11) is -3.01. The maximum absolute atomic E-state index is 12.8. The fourth-order valence-corrected chi connectivity index (χ4v) is 3.83. The Labute approximate surface area is 126 Å². The Bertz CT molecular complexity index is 621. The molecule has 1 aromatic rings. The van der Waals surface area contributed by atoms with E-state index in [4.69, 9.17) is 5.73 Å². The Morgan fingerprint density at radius 2 is 1.76 bits per heavy atom. The van der Waals surface area contributed by atoms with Crippen LogP contribution >= 0.6 is 0 Å². The summed E-state index contributed by atoms with van der Waals surface area (Å²) in [5.74, 6) is 0.180. The molecule has 1 amide bonds. The maximum atomic E-state index is 12.8. The number of nitrogens with zero attached hydrogens (tertiary/aromatic N) is 1. The minimum atomic E-state index is -3.01. The lowest BCUT2D eigenvalue weighted by atomic mass is 9.83. The molecule has 1 fully saturated rings. The zero-order chi connectivity index (χ0) is 15.7. The molecule has 1 aliphatic heterocycles. The highest BCUT2D eigenvalue weighted by Gasteiger charge is 2.35. The van der Waals surface area contributed by atoms with E-state index in [2.05, 4.69) is 0 Å². The lowest BCUT2D eigenvalue weighted by Gasteiger charge is -2.31. The second-order valence-corrected chi connectivity index (χ2v) is 8.35. The molecule has 0 spiro atoms. The molecular formula is C15H22N2O3S. The molecule has 1 saturated heterocycles. The van der Waals surface area contributed by atoms with Crippen LogP contribution in [0.15, 0.2) is 24.3 Å². The Morgan fingerprint density at radius 1 is 1.14 bits per heavy atom. The van der Waals surface area contributed by atoms with E-state index in [1.165, 1.54) is 0 Å². The summed E-state index contributed by atoms with van der Waals surface area (Å²) < 4.78 is 23.3. The highest BCUT2D eigenvalue weighted by atomic mass is 32.2. The molecule has 0 atom stereocenters. The molecule has 2 rings (SSSR count). The van der Waals surface area contributed by atoms with Gasteiger partial charge >= 0.3 is 0 Å². The minimum absolute atomic E-state index is 0.0376. The van der Waals surface area contributed by atoms with Crippen LogP contribution in [0, 0.1) is 0 Å². The molecule has 5 nitrogen and oxygen atoms in total. The fourth-order valence-electron chi connectivity index (χ4n) is 2.56. The molecule has 2 N–H and O–H groups in total. The van der Waals surface area contributed by atoms with E-state index in [0.29, 0.717) is 18.7 Å². The Morgan fingerprint density at radius 3 is 2.38 bits per heavy atom. The van der Waals surface area contributed by atoms with Gasteiger partial charge in [0.25, 0.3) is 0 Å². The average Bonchev–Trinajstić information content (AvgIpc) is 2.59. The summed E-state index contributed by atoms with van der Waals surface area (Å²) in [6.45, 7) is 4.50. The van der Waals surface area contributed by atoms with Crippen molar-refractivity contribution in [3.63, 3.8) is 0 Å². The summed E-state index contributed by atoms with van der Waals surface area (Å²) in [5.41, 5.74) is 6.52. The van der Waals surface area contributed by atoms with Gasteiger partial charge in [0.15, 0.2) is 9.84 Å². The average molecular weight is 310 g/mol. The summed E-state index contributed by atoms with van der Waals surface area (Å²) in [6.07, 6.45) is 0.506. The van der Waals surface area contributed by atoms with Crippen molar-refractivity contribution in [1.82, 2.24) is 4.90 Å². The predicted octanol–water partition coefficient (Wildman–Crippen LogP) is 1.19. The summed E-state index contributed by atoms with van der Waals surface area (Å²) >= 11 is 0. The number of carbonyl (C=O) groups is 1. The van der Waals surface area contributed by atoms with Crippen LogP contribution in [0.4, 0.5) is 5.69 Å². The summed E-state index contributed by atoms with van der Waals surface area (Å²) in [5, 5.41) is 0. The van der Waals surface area contributed by atoms with E-state index < -0.39 is 15.3 Å². The van der Waals surface area contributed by atoms with Gasteiger partial charge in [-0.2, -0.15) is 0 Å². The number of amides is 1. The first-order valence-corrected chi connectivity index (χ1v) is 8.90. The molecule has 21 heavy (non-hydrogen) atoms. The van der Waals surface area contributed by atoms with Crippen LogP contribution in [0.1, 0.15) is 25.8 Å². The van der Waals surface area contributed by atoms with Crippen molar-refractivity contribution >= 4 is 21.4 Å². The molecule has 1 aliphatic rings. The Kier molecular flexibility index (Phi) is 4.27. The van der Waals surface area contributed by atoms with Crippen LogP contribution in [0.5, 0.6) is 0 Å². The second-order valence-electron chi connectivity index (χ2n) is 6.04. The number of nitrogens with two attached hydrogens (primary N) is 1. The fraction of sp³-hybridized carbons (Fsp3) is 0.533. The number of sulfone groups is 1. The quantitative estimate of drug-likeness (QED) is 0.832. The smallest absolute Gasteiger partial charge is 0.232 e. The molecule has 1 heterocycles. The highest BCUT2D eigenvalue weighted by Crippen LogP contribution is 2.27. The van der Waals surface area contributed by atoms with Crippen molar-refractivity contribution in [3.8, 4) is 0 Å². The Balaban J connectivity index is 2.19. The molecule has 0 bridgehead atoms. The van der Waals surface area contributed by atoms with E-state index in [9.17, 15) is 13.2 Å². The first-order valence-electron chi connectivity index (χ1n) is 7.08. The van der Waals surface area contributed by atoms with Gasteiger partial charge in [-0.1, -0.05) is 12.1 Å². The topological polar surface area (TPSA) is 80.5 Å². The highest BCUT2D eigenvalue weighted by molar-refractivity contribution is 7.91. The van der Waals surface area contributed by atoms with Crippen LogP contribution in [0.25, 0.3) is 0 Å². The largest absolute Gasteiger partial charge is 0.399 e. The van der Waals surface area contributed by atoms with Gasteiger partial charge in [0.2, 0.25) is 5.91 Å². The number of rotatable bonds is 2. The van der Waals surface area contributed by atoms with Crippen LogP contribution in [0.2, 0.25) is 0 Å². The SMILES string of the molecule is CC(C)(C(=O)N1CCCS(=O)(=O)CC1)c1ccc(N)cc1. The summed E-state index contributed by atoms with van der Waals surface area (Å²) in [4.78, 5) is 14.4. The first kappa shape index (κ1) is 15.8. The van der Waals surface area contributed by atoms with Crippen LogP contribution in [0.3, 0.4) is 0 Å². The number of benzene rings is 1. The van der Waals surface area contributed by atoms with Gasteiger partial charge in [0.1, 0.15) is 0 Å². The van der Waals surface area contributed by atoms with Crippen molar-refractivity contribution in [1.29, 1.82) is 0 Å². The van der Waals surface area contributed by atoms with Crippen LogP contribution in [-0.4, -0.2) is 43.8 Å². The molecule has 0 aliphatic carbocycles. The minimum Gasteiger partial charge on any atom is -0.399 e. The van der Waals surface area contributed by atoms with Gasteiger partial charge in [-0.3, -0.25) is 4.79 Å². The normalized spacial score (nSPS) is 19.0. The monoisotopic (exact) mass is 310 g/mol. The van der Waals surface area contributed by atoms with Gasteiger partial charge in [-0.25, -0.2) is 8.42 Å². The standard InChI is InChI=1S/C15H22N2O3S/c1-15(2,12-4-6-13(16)7-5-12)14(18)17-8-3-10-21(19,20)11-9-17/h4-7H,3,8-11,16H2,1-2H3. The van der Waals surface area contributed by atoms with Gasteiger partial charge < -0.3 is 10.6 Å². The van der Waals surface area contributed by atoms with Crippen molar-refractivity contribution in [2.75, 3.05) is 30.3 Å². The van der Waals surface area contributed by atoms with Gasteiger partial charge in [0.05, 0.1) is 16.9 Å². The maximum Gasteiger partial charge on any atom is 0.232 e. The summed E-state index contributed by atoms with van der Waals surface area (Å²) in [6, 6.07) is 7.25. The third-order valence-corrected chi connectivity index (χ3v) is 5.73.